The van der Waals surface area contributed by atoms with E-state index in [1.165, 1.54) is 6.20 Å². The molecule has 5 heteroatoms. The Balaban J connectivity index is 2.07. The van der Waals surface area contributed by atoms with Gasteiger partial charge in [-0.1, -0.05) is 0 Å². The maximum absolute atomic E-state index is 11.3. The van der Waals surface area contributed by atoms with Gasteiger partial charge in [0, 0.05) is 6.04 Å². The highest BCUT2D eigenvalue weighted by molar-refractivity contribution is 5.97. The Hall–Kier alpha value is -1.52. The number of hydrogen-bond donors (Lipinski definition) is 3. The lowest BCUT2D eigenvalue weighted by atomic mass is 10.3. The summed E-state index contributed by atoms with van der Waals surface area (Å²) in [6.45, 7) is 0. The molecule has 1 aromatic rings. The lowest BCUT2D eigenvalue weighted by Gasteiger charge is -1.99. The van der Waals surface area contributed by atoms with Crippen LogP contribution in [0.4, 0.5) is 5.69 Å². The van der Waals surface area contributed by atoms with Gasteiger partial charge in [-0.05, 0) is 12.8 Å². The summed E-state index contributed by atoms with van der Waals surface area (Å²) in [4.78, 5) is 11.3. The molecule has 4 N–H and O–H groups in total. The first-order valence-corrected chi connectivity index (χ1v) is 3.87. The molecule has 1 heterocycles. The Labute approximate surface area is 69.3 Å². The lowest BCUT2D eigenvalue weighted by molar-refractivity contribution is 0.0947. The predicted octanol–water partition coefficient (Wildman–Crippen LogP) is -0.116. The van der Waals surface area contributed by atoms with Gasteiger partial charge in [-0.15, -0.1) is 0 Å². The molecule has 2 rings (SSSR count). The van der Waals surface area contributed by atoms with Crippen molar-refractivity contribution in [3.8, 4) is 0 Å². The first-order chi connectivity index (χ1) is 5.77. The fourth-order valence-corrected chi connectivity index (χ4v) is 0.963. The van der Waals surface area contributed by atoms with Crippen LogP contribution in [-0.4, -0.2) is 22.1 Å². The summed E-state index contributed by atoms with van der Waals surface area (Å²) in [6, 6.07) is 0.347. The van der Waals surface area contributed by atoms with Crippen LogP contribution in [0.2, 0.25) is 0 Å². The summed E-state index contributed by atoms with van der Waals surface area (Å²) in [5.41, 5.74) is 6.24. The lowest BCUT2D eigenvalue weighted by Crippen LogP contribution is -2.26. The Morgan fingerprint density at radius 3 is 3.00 bits per heavy atom. The number of amides is 1. The van der Waals surface area contributed by atoms with Gasteiger partial charge in [0.2, 0.25) is 0 Å². The molecule has 0 spiro atoms. The van der Waals surface area contributed by atoms with Gasteiger partial charge < -0.3 is 11.1 Å². The summed E-state index contributed by atoms with van der Waals surface area (Å²) < 4.78 is 0. The SMILES string of the molecule is Nc1cn[nH]c1C(=O)NC1CC1. The highest BCUT2D eigenvalue weighted by atomic mass is 16.2. The van der Waals surface area contributed by atoms with Gasteiger partial charge in [-0.3, -0.25) is 9.89 Å². The van der Waals surface area contributed by atoms with Gasteiger partial charge in [-0.2, -0.15) is 5.10 Å². The van der Waals surface area contributed by atoms with Crippen molar-refractivity contribution in [2.24, 2.45) is 0 Å². The molecule has 1 aliphatic carbocycles. The monoisotopic (exact) mass is 166 g/mol. The number of anilines is 1. The number of H-pyrrole nitrogens is 1. The quantitative estimate of drug-likeness (QED) is 0.573. The zero-order chi connectivity index (χ0) is 8.55. The number of nitrogens with one attached hydrogen (secondary N) is 2. The number of nitrogen functional groups attached to an aromatic ring is 1. The minimum absolute atomic E-state index is 0.160. The smallest absolute Gasteiger partial charge is 0.271 e. The number of nitrogens with zero attached hydrogens (tertiary/aromatic N) is 1. The standard InChI is InChI=1S/C7H10N4O/c8-5-3-9-11-6(5)7(12)10-4-1-2-4/h3-4H,1-2,8H2,(H,9,11)(H,10,12). The molecule has 0 atom stereocenters. The molecule has 0 aliphatic heterocycles. The molecular weight excluding hydrogens is 156 g/mol. The number of rotatable bonds is 2. The van der Waals surface area contributed by atoms with Crippen LogP contribution in [0, 0.1) is 0 Å². The van der Waals surface area contributed by atoms with Gasteiger partial charge in [0.25, 0.3) is 5.91 Å². The second-order valence-electron chi connectivity index (χ2n) is 2.95. The predicted molar refractivity (Wildman–Crippen MR) is 43.5 cm³/mol. The second-order valence-corrected chi connectivity index (χ2v) is 2.95. The molecule has 1 saturated carbocycles. The highest BCUT2D eigenvalue weighted by Gasteiger charge is 2.25. The minimum atomic E-state index is -0.160. The number of aromatic nitrogens is 2. The maximum atomic E-state index is 11.3. The Morgan fingerprint density at radius 1 is 1.75 bits per heavy atom. The van der Waals surface area contributed by atoms with Crippen LogP contribution in [0.5, 0.6) is 0 Å². The van der Waals surface area contributed by atoms with E-state index in [9.17, 15) is 4.79 Å². The Kier molecular flexibility index (Phi) is 1.49. The summed E-state index contributed by atoms with van der Waals surface area (Å²) in [6.07, 6.45) is 3.57. The van der Waals surface area contributed by atoms with Crippen LogP contribution in [0.3, 0.4) is 0 Å². The van der Waals surface area contributed by atoms with E-state index in [4.69, 9.17) is 5.73 Å². The molecule has 0 saturated heterocycles. The van der Waals surface area contributed by atoms with E-state index < -0.39 is 0 Å². The van der Waals surface area contributed by atoms with Crippen molar-refractivity contribution in [2.75, 3.05) is 5.73 Å². The molecule has 1 aromatic heterocycles. The van der Waals surface area contributed by atoms with Crippen molar-refractivity contribution in [3.05, 3.63) is 11.9 Å². The molecule has 64 valence electrons. The number of hydrogen-bond acceptors (Lipinski definition) is 3. The van der Waals surface area contributed by atoms with Crippen molar-refractivity contribution >= 4 is 11.6 Å². The first-order valence-electron chi connectivity index (χ1n) is 3.87. The molecule has 1 amide bonds. The highest BCUT2D eigenvalue weighted by Crippen LogP contribution is 2.19. The minimum Gasteiger partial charge on any atom is -0.396 e. The molecule has 1 fully saturated rings. The second kappa shape index (κ2) is 2.51. The van der Waals surface area contributed by atoms with E-state index in [1.807, 2.05) is 0 Å². The van der Waals surface area contributed by atoms with E-state index in [-0.39, 0.29) is 5.91 Å². The van der Waals surface area contributed by atoms with Crippen molar-refractivity contribution in [1.82, 2.24) is 15.5 Å². The third-order valence-corrected chi connectivity index (χ3v) is 1.81. The van der Waals surface area contributed by atoms with E-state index in [0.29, 0.717) is 17.4 Å². The molecule has 0 radical (unpaired) electrons. The third kappa shape index (κ3) is 1.25. The number of carbonyl (C=O) groups excluding carboxylic acids is 1. The Bertz CT molecular complexity index is 302. The van der Waals surface area contributed by atoms with Crippen molar-refractivity contribution in [2.45, 2.75) is 18.9 Å². The molecule has 0 unspecified atom stereocenters. The summed E-state index contributed by atoms with van der Waals surface area (Å²) in [7, 11) is 0. The largest absolute Gasteiger partial charge is 0.396 e. The number of nitrogens with two attached hydrogens (primary N) is 1. The summed E-state index contributed by atoms with van der Waals surface area (Å²) in [5.74, 6) is -0.160. The van der Waals surface area contributed by atoms with Crippen molar-refractivity contribution < 1.29 is 4.79 Å². The van der Waals surface area contributed by atoms with Gasteiger partial charge in [0.05, 0.1) is 11.9 Å². The zero-order valence-corrected chi connectivity index (χ0v) is 6.50. The van der Waals surface area contributed by atoms with Crippen molar-refractivity contribution in [1.29, 1.82) is 0 Å². The van der Waals surface area contributed by atoms with Crippen LogP contribution in [0.25, 0.3) is 0 Å². The number of carbonyl (C=O) groups is 1. The zero-order valence-electron chi connectivity index (χ0n) is 6.50. The van der Waals surface area contributed by atoms with Crippen LogP contribution in [0.1, 0.15) is 23.3 Å². The van der Waals surface area contributed by atoms with Gasteiger partial charge in [0.15, 0.2) is 0 Å². The van der Waals surface area contributed by atoms with Crippen LogP contribution in [-0.2, 0) is 0 Å². The van der Waals surface area contributed by atoms with Crippen molar-refractivity contribution in [3.63, 3.8) is 0 Å². The third-order valence-electron chi connectivity index (χ3n) is 1.81. The van der Waals surface area contributed by atoms with Gasteiger partial charge >= 0.3 is 0 Å². The van der Waals surface area contributed by atoms with Gasteiger partial charge in [-0.25, -0.2) is 0 Å². The first kappa shape index (κ1) is 7.15. The van der Waals surface area contributed by atoms with E-state index in [2.05, 4.69) is 15.5 Å². The summed E-state index contributed by atoms with van der Waals surface area (Å²) >= 11 is 0. The summed E-state index contributed by atoms with van der Waals surface area (Å²) in [5, 5.41) is 9.02. The Morgan fingerprint density at radius 2 is 2.50 bits per heavy atom. The van der Waals surface area contributed by atoms with Crippen LogP contribution >= 0.6 is 0 Å². The molecule has 1 aliphatic rings. The van der Waals surface area contributed by atoms with E-state index >= 15 is 0 Å². The van der Waals surface area contributed by atoms with Gasteiger partial charge in [0.1, 0.15) is 5.69 Å². The molecule has 0 bridgehead atoms. The normalized spacial score (nSPS) is 16.0. The fourth-order valence-electron chi connectivity index (χ4n) is 0.963. The molecular formula is C7H10N4O. The average Bonchev–Trinajstić information content (AvgIpc) is 2.72. The van der Waals surface area contributed by atoms with Crippen LogP contribution in [0.15, 0.2) is 6.20 Å². The van der Waals surface area contributed by atoms with E-state index in [1.54, 1.807) is 0 Å². The molecule has 5 nitrogen and oxygen atoms in total. The molecule has 0 aromatic carbocycles. The van der Waals surface area contributed by atoms with E-state index in [0.717, 1.165) is 12.8 Å². The number of aromatic amines is 1. The fraction of sp³-hybridized carbons (Fsp3) is 0.429. The maximum Gasteiger partial charge on any atom is 0.271 e. The average molecular weight is 166 g/mol. The molecule has 12 heavy (non-hydrogen) atoms. The van der Waals surface area contributed by atoms with Crippen LogP contribution < -0.4 is 11.1 Å². The topological polar surface area (TPSA) is 83.8 Å².